The minimum Gasteiger partial charge on any atom is -0.460 e. The summed E-state index contributed by atoms with van der Waals surface area (Å²) in [7, 11) is 0. The van der Waals surface area contributed by atoms with Crippen molar-refractivity contribution in [2.24, 2.45) is 11.7 Å². The van der Waals surface area contributed by atoms with Crippen molar-refractivity contribution in [3.8, 4) is 0 Å². The molecule has 2 aromatic carbocycles. The van der Waals surface area contributed by atoms with E-state index >= 15 is 0 Å². The van der Waals surface area contributed by atoms with Crippen LogP contribution in [-0.2, 0) is 22.4 Å². The Morgan fingerprint density at radius 2 is 1.71 bits per heavy atom. The van der Waals surface area contributed by atoms with Gasteiger partial charge in [0, 0.05) is 23.4 Å². The number of aryl methyl sites for hydroxylation is 1. The number of anilines is 2. The van der Waals surface area contributed by atoms with E-state index in [4.69, 9.17) is 15.9 Å². The van der Waals surface area contributed by atoms with Gasteiger partial charge in [0.05, 0.1) is 0 Å². The Labute approximate surface area is 182 Å². The highest BCUT2D eigenvalue weighted by molar-refractivity contribution is 6.04. The normalized spacial score (nSPS) is 15.5. The van der Waals surface area contributed by atoms with Crippen LogP contribution >= 0.6 is 0 Å². The molecule has 0 heterocycles. The number of esters is 1. The second-order valence-corrected chi connectivity index (χ2v) is 8.95. The Balaban J connectivity index is 1.63. The van der Waals surface area contributed by atoms with Crippen LogP contribution in [0.3, 0.4) is 0 Å². The maximum Gasteiger partial charge on any atom is 0.306 e. The number of amides is 1. The molecule has 164 valence electrons. The molecule has 1 atom stereocenters. The van der Waals surface area contributed by atoms with Crippen molar-refractivity contribution in [3.05, 3.63) is 59.2 Å². The third kappa shape index (κ3) is 6.57. The van der Waals surface area contributed by atoms with Crippen molar-refractivity contribution in [2.45, 2.75) is 52.1 Å². The van der Waals surface area contributed by atoms with Gasteiger partial charge >= 0.3 is 5.97 Å². The summed E-state index contributed by atoms with van der Waals surface area (Å²) in [5, 5.41) is 12.8. The van der Waals surface area contributed by atoms with E-state index in [2.05, 4.69) is 10.6 Å². The maximum absolute atomic E-state index is 12.7. The van der Waals surface area contributed by atoms with Gasteiger partial charge in [0.2, 0.25) is 0 Å². The summed E-state index contributed by atoms with van der Waals surface area (Å²) in [5.41, 5.74) is 9.10. The molecular weight excluding hydrogens is 392 g/mol. The highest BCUT2D eigenvalue weighted by Gasteiger charge is 2.25. The first-order chi connectivity index (χ1) is 14.6. The Bertz CT molecular complexity index is 977. The molecule has 0 radical (unpaired) electrons. The SMILES string of the molecule is CC(C)(C)OC(=O)CC1CCc2ccc(C(=O)Nc3ccc(NC(=N)N)cc3)cc2C1. The topological polar surface area (TPSA) is 117 Å². The van der Waals surface area contributed by atoms with Crippen LogP contribution in [0.4, 0.5) is 11.4 Å². The molecule has 0 aromatic heterocycles. The van der Waals surface area contributed by atoms with Gasteiger partial charge < -0.3 is 21.1 Å². The zero-order valence-electron chi connectivity index (χ0n) is 18.2. The summed E-state index contributed by atoms with van der Waals surface area (Å²) in [6.45, 7) is 5.62. The number of rotatable bonds is 5. The summed E-state index contributed by atoms with van der Waals surface area (Å²) in [6.07, 6.45) is 3.00. The van der Waals surface area contributed by atoms with Crippen molar-refractivity contribution in [2.75, 3.05) is 10.6 Å². The molecule has 31 heavy (non-hydrogen) atoms. The molecule has 0 fully saturated rings. The molecule has 0 saturated heterocycles. The van der Waals surface area contributed by atoms with E-state index in [0.717, 1.165) is 24.8 Å². The van der Waals surface area contributed by atoms with Crippen LogP contribution in [-0.4, -0.2) is 23.4 Å². The summed E-state index contributed by atoms with van der Waals surface area (Å²) in [6, 6.07) is 12.8. The lowest BCUT2D eigenvalue weighted by Gasteiger charge is -2.26. The van der Waals surface area contributed by atoms with Crippen LogP contribution in [0.25, 0.3) is 0 Å². The standard InChI is InChI=1S/C24H30N4O3/c1-24(2,3)31-21(29)13-15-4-5-16-6-7-17(14-18(16)12-15)22(30)27-19-8-10-20(11-9-19)28-23(25)26/h6-11,14-15H,4-5,12-13H2,1-3H3,(H,27,30)(H4,25,26,28). The van der Waals surface area contributed by atoms with Gasteiger partial charge in [-0.2, -0.15) is 0 Å². The quantitative estimate of drug-likeness (QED) is 0.329. The van der Waals surface area contributed by atoms with E-state index < -0.39 is 5.60 Å². The number of carbonyl (C=O) groups excluding carboxylic acids is 2. The summed E-state index contributed by atoms with van der Waals surface area (Å²) < 4.78 is 5.46. The van der Waals surface area contributed by atoms with E-state index in [0.29, 0.717) is 23.4 Å². The molecule has 1 aliphatic carbocycles. The smallest absolute Gasteiger partial charge is 0.306 e. The molecule has 1 amide bonds. The fraction of sp³-hybridized carbons (Fsp3) is 0.375. The first-order valence-electron chi connectivity index (χ1n) is 10.4. The highest BCUT2D eigenvalue weighted by atomic mass is 16.6. The second-order valence-electron chi connectivity index (χ2n) is 8.95. The number of benzene rings is 2. The fourth-order valence-corrected chi connectivity index (χ4v) is 3.76. The number of carbonyl (C=O) groups is 2. The molecule has 1 unspecified atom stereocenters. The van der Waals surface area contributed by atoms with Crippen molar-refractivity contribution in [3.63, 3.8) is 0 Å². The van der Waals surface area contributed by atoms with Crippen molar-refractivity contribution >= 4 is 29.2 Å². The number of hydrogen-bond donors (Lipinski definition) is 4. The van der Waals surface area contributed by atoms with Crippen LogP contribution in [0.15, 0.2) is 42.5 Å². The van der Waals surface area contributed by atoms with Crippen molar-refractivity contribution in [1.29, 1.82) is 5.41 Å². The summed E-state index contributed by atoms with van der Waals surface area (Å²) in [5.74, 6) is -0.278. The lowest BCUT2D eigenvalue weighted by atomic mass is 9.81. The minimum absolute atomic E-state index is 0.143. The zero-order valence-corrected chi connectivity index (χ0v) is 18.2. The molecule has 2 aromatic rings. The van der Waals surface area contributed by atoms with E-state index in [1.165, 1.54) is 5.56 Å². The number of hydrogen-bond acceptors (Lipinski definition) is 4. The Hall–Kier alpha value is -3.35. The van der Waals surface area contributed by atoms with Gasteiger partial charge in [-0.15, -0.1) is 0 Å². The molecule has 7 heteroatoms. The largest absolute Gasteiger partial charge is 0.460 e. The third-order valence-electron chi connectivity index (χ3n) is 5.10. The van der Waals surface area contributed by atoms with E-state index in [-0.39, 0.29) is 23.8 Å². The van der Waals surface area contributed by atoms with Gasteiger partial charge in [-0.1, -0.05) is 6.07 Å². The minimum atomic E-state index is -0.477. The Morgan fingerprint density at radius 3 is 2.32 bits per heavy atom. The summed E-state index contributed by atoms with van der Waals surface area (Å²) in [4.78, 5) is 24.9. The van der Waals surface area contributed by atoms with Gasteiger partial charge in [-0.25, -0.2) is 0 Å². The predicted octanol–water partition coefficient (Wildman–Crippen LogP) is 4.08. The molecule has 5 N–H and O–H groups in total. The van der Waals surface area contributed by atoms with E-state index in [1.54, 1.807) is 24.3 Å². The molecule has 0 bridgehead atoms. The number of nitrogens with two attached hydrogens (primary N) is 1. The van der Waals surface area contributed by atoms with Gasteiger partial charge in [0.25, 0.3) is 5.91 Å². The number of nitrogens with one attached hydrogen (secondary N) is 3. The maximum atomic E-state index is 12.7. The van der Waals surface area contributed by atoms with E-state index in [9.17, 15) is 9.59 Å². The van der Waals surface area contributed by atoms with Crippen molar-refractivity contribution < 1.29 is 14.3 Å². The van der Waals surface area contributed by atoms with Gasteiger partial charge in [0.15, 0.2) is 5.96 Å². The molecule has 1 aliphatic rings. The molecule has 3 rings (SSSR count). The Kier molecular flexibility index (Phi) is 6.63. The van der Waals surface area contributed by atoms with Crippen LogP contribution in [0.2, 0.25) is 0 Å². The van der Waals surface area contributed by atoms with Crippen LogP contribution in [0.5, 0.6) is 0 Å². The lowest BCUT2D eigenvalue weighted by molar-refractivity contribution is -0.156. The average Bonchev–Trinajstić information content (AvgIpc) is 2.67. The molecular formula is C24H30N4O3. The van der Waals surface area contributed by atoms with Crippen LogP contribution in [0.1, 0.15) is 55.1 Å². The fourth-order valence-electron chi connectivity index (χ4n) is 3.76. The first-order valence-corrected chi connectivity index (χ1v) is 10.4. The Morgan fingerprint density at radius 1 is 1.06 bits per heavy atom. The monoisotopic (exact) mass is 422 g/mol. The zero-order chi connectivity index (χ0) is 22.6. The second kappa shape index (κ2) is 9.20. The van der Waals surface area contributed by atoms with Gasteiger partial charge in [-0.05, 0) is 93.5 Å². The van der Waals surface area contributed by atoms with Crippen LogP contribution < -0.4 is 16.4 Å². The number of ether oxygens (including phenoxy) is 1. The number of guanidine groups is 1. The molecule has 0 aliphatic heterocycles. The molecule has 0 saturated carbocycles. The third-order valence-corrected chi connectivity index (χ3v) is 5.10. The summed E-state index contributed by atoms with van der Waals surface area (Å²) >= 11 is 0. The van der Waals surface area contributed by atoms with Gasteiger partial charge in [0.1, 0.15) is 5.60 Å². The first kappa shape index (κ1) is 22.3. The van der Waals surface area contributed by atoms with Crippen molar-refractivity contribution in [1.82, 2.24) is 0 Å². The highest BCUT2D eigenvalue weighted by Crippen LogP contribution is 2.29. The average molecular weight is 423 g/mol. The van der Waals surface area contributed by atoms with Gasteiger partial charge in [-0.3, -0.25) is 15.0 Å². The lowest BCUT2D eigenvalue weighted by Crippen LogP contribution is -2.27. The molecule has 7 nitrogen and oxygen atoms in total. The number of fused-ring (bicyclic) bond motifs is 1. The van der Waals surface area contributed by atoms with Crippen LogP contribution in [0, 0.1) is 11.3 Å². The van der Waals surface area contributed by atoms with E-state index in [1.807, 2.05) is 39.0 Å². The predicted molar refractivity (Wildman–Crippen MR) is 122 cm³/mol. The molecule has 0 spiro atoms.